The maximum Gasteiger partial charge on any atom is 0.327 e. The fourth-order valence-electron chi connectivity index (χ4n) is 1.73. The molecule has 2 unspecified atom stereocenters. The molecule has 9 heteroatoms. The highest BCUT2D eigenvalue weighted by Gasteiger charge is 2.33. The Labute approximate surface area is 118 Å². The highest BCUT2D eigenvalue weighted by Crippen LogP contribution is 2.13. The van der Waals surface area contributed by atoms with Crippen molar-refractivity contribution in [2.45, 2.75) is 25.3 Å². The van der Waals surface area contributed by atoms with E-state index in [0.717, 1.165) is 0 Å². The minimum atomic E-state index is -1.57. The van der Waals surface area contributed by atoms with Crippen LogP contribution in [0.2, 0.25) is 0 Å². The lowest BCUT2D eigenvalue weighted by molar-refractivity contribution is -0.646. The number of hydrogen-bond donors (Lipinski definition) is 0. The molecular weight excluding hydrogens is 284 g/mol. The number of furan rings is 2. The van der Waals surface area contributed by atoms with Gasteiger partial charge in [-0.25, -0.2) is 4.74 Å². The summed E-state index contributed by atoms with van der Waals surface area (Å²) in [4.78, 5) is 20.5. The zero-order valence-corrected chi connectivity index (χ0v) is 10.8. The number of nitrogens with zero attached hydrogens (tertiary/aromatic N) is 2. The first-order chi connectivity index (χ1) is 10.1. The van der Waals surface area contributed by atoms with E-state index in [9.17, 15) is 20.2 Å². The molecule has 2 aromatic heterocycles. The van der Waals surface area contributed by atoms with Gasteiger partial charge in [-0.15, -0.1) is 0 Å². The van der Waals surface area contributed by atoms with Gasteiger partial charge in [0.15, 0.2) is 0 Å². The summed E-state index contributed by atoms with van der Waals surface area (Å²) in [6, 6.07) is 6.21. The maximum atomic E-state index is 11.0. The molecule has 9 nitrogen and oxygen atoms in total. The van der Waals surface area contributed by atoms with Gasteiger partial charge in [0.2, 0.25) is 0 Å². The Morgan fingerprint density at radius 1 is 0.952 bits per heavy atom. The van der Waals surface area contributed by atoms with E-state index in [1.807, 2.05) is 0 Å². The summed E-state index contributed by atoms with van der Waals surface area (Å²) in [5.41, 5.74) is 0. The molecule has 0 spiro atoms. The highest BCUT2D eigenvalue weighted by molar-refractivity contribution is 5.00. The van der Waals surface area contributed by atoms with Crippen LogP contribution in [0.15, 0.2) is 45.6 Å². The van der Waals surface area contributed by atoms with Gasteiger partial charge in [-0.1, -0.05) is 0 Å². The summed E-state index contributed by atoms with van der Waals surface area (Å²) in [6.45, 7) is 0. The van der Waals surface area contributed by atoms with Crippen molar-refractivity contribution < 1.29 is 23.4 Å². The van der Waals surface area contributed by atoms with Crippen LogP contribution >= 0.6 is 0 Å². The van der Waals surface area contributed by atoms with Crippen molar-refractivity contribution in [3.05, 3.63) is 68.5 Å². The molecule has 2 atom stereocenters. The van der Waals surface area contributed by atoms with Crippen LogP contribution < -0.4 is 0 Å². The minimum Gasteiger partial charge on any atom is -0.469 e. The molecule has 0 aliphatic carbocycles. The van der Waals surface area contributed by atoms with Gasteiger partial charge in [0, 0.05) is 0 Å². The Morgan fingerprint density at radius 2 is 1.38 bits per heavy atom. The molecule has 2 heterocycles. The predicted octanol–water partition coefficient (Wildman–Crippen LogP) is 1.88. The number of hydrogen-bond acceptors (Lipinski definition) is 7. The lowest BCUT2D eigenvalue weighted by Gasteiger charge is -2.12. The lowest BCUT2D eigenvalue weighted by Crippen LogP contribution is -2.36. The summed E-state index contributed by atoms with van der Waals surface area (Å²) in [5.74, 6) is 0.633. The number of nitro groups is 2. The molecule has 0 saturated carbocycles. The van der Waals surface area contributed by atoms with Crippen LogP contribution in [-0.2, 0) is 17.6 Å². The van der Waals surface area contributed by atoms with E-state index in [4.69, 9.17) is 13.6 Å². The standard InChI is InChI=1S/C12H12N2O7/c15-13(16)11(7-9-3-1-5-19-9)21-12(14(17)18)8-10-4-2-6-20-10/h1-6,11-12H,7-8H2. The van der Waals surface area contributed by atoms with Crippen molar-refractivity contribution in [1.29, 1.82) is 0 Å². The molecular formula is C12H12N2O7. The topological polar surface area (TPSA) is 122 Å². The van der Waals surface area contributed by atoms with E-state index in [2.05, 4.69) is 0 Å². The Balaban J connectivity index is 2.04. The molecule has 0 N–H and O–H groups in total. The van der Waals surface area contributed by atoms with Gasteiger partial charge in [0.1, 0.15) is 24.4 Å². The Morgan fingerprint density at radius 3 is 1.67 bits per heavy atom. The smallest absolute Gasteiger partial charge is 0.327 e. The van der Waals surface area contributed by atoms with Crippen LogP contribution in [0, 0.1) is 20.2 Å². The highest BCUT2D eigenvalue weighted by atomic mass is 16.7. The molecule has 0 aliphatic heterocycles. The first-order valence-corrected chi connectivity index (χ1v) is 6.03. The van der Waals surface area contributed by atoms with Crippen molar-refractivity contribution in [2.75, 3.05) is 0 Å². The Kier molecular flexibility index (Phi) is 4.67. The van der Waals surface area contributed by atoms with Gasteiger partial charge in [-0.3, -0.25) is 20.2 Å². The molecule has 0 radical (unpaired) electrons. The second-order valence-electron chi connectivity index (χ2n) is 4.18. The molecule has 112 valence electrons. The van der Waals surface area contributed by atoms with Crippen molar-refractivity contribution in [3.63, 3.8) is 0 Å². The molecule has 0 bridgehead atoms. The van der Waals surface area contributed by atoms with Gasteiger partial charge in [0.05, 0.1) is 22.4 Å². The van der Waals surface area contributed by atoms with Crippen LogP contribution in [0.4, 0.5) is 0 Å². The molecule has 2 aromatic rings. The SMILES string of the molecule is O=[N+]([O-])C(Cc1ccco1)OC(Cc1ccco1)[N+](=O)[O-]. The van der Waals surface area contributed by atoms with Crippen molar-refractivity contribution in [2.24, 2.45) is 0 Å². The van der Waals surface area contributed by atoms with E-state index in [-0.39, 0.29) is 12.8 Å². The van der Waals surface area contributed by atoms with Crippen molar-refractivity contribution in [3.8, 4) is 0 Å². The summed E-state index contributed by atoms with van der Waals surface area (Å²) < 4.78 is 15.0. The molecule has 0 amide bonds. The van der Waals surface area contributed by atoms with Crippen LogP contribution in [0.1, 0.15) is 11.5 Å². The first kappa shape index (κ1) is 14.7. The zero-order chi connectivity index (χ0) is 15.2. The van der Waals surface area contributed by atoms with E-state index >= 15 is 0 Å². The summed E-state index contributed by atoms with van der Waals surface area (Å²) in [7, 11) is 0. The van der Waals surface area contributed by atoms with Crippen LogP contribution in [0.3, 0.4) is 0 Å². The Hall–Kier alpha value is -2.68. The monoisotopic (exact) mass is 296 g/mol. The summed E-state index contributed by atoms with van der Waals surface area (Å²) in [6.07, 6.45) is -0.797. The predicted molar refractivity (Wildman–Crippen MR) is 67.5 cm³/mol. The summed E-state index contributed by atoms with van der Waals surface area (Å²) in [5, 5.41) is 22.0. The van der Waals surface area contributed by atoms with Gasteiger partial charge < -0.3 is 8.83 Å². The van der Waals surface area contributed by atoms with Crippen molar-refractivity contribution in [1.82, 2.24) is 0 Å². The fraction of sp³-hybridized carbons (Fsp3) is 0.333. The third-order valence-corrected chi connectivity index (χ3v) is 2.70. The van der Waals surface area contributed by atoms with E-state index in [1.54, 1.807) is 12.1 Å². The first-order valence-electron chi connectivity index (χ1n) is 6.03. The van der Waals surface area contributed by atoms with Crippen molar-refractivity contribution >= 4 is 0 Å². The molecule has 2 rings (SSSR count). The van der Waals surface area contributed by atoms with Gasteiger partial charge in [-0.2, -0.15) is 0 Å². The number of rotatable bonds is 8. The number of ether oxygens (including phenoxy) is 1. The zero-order valence-electron chi connectivity index (χ0n) is 10.8. The second kappa shape index (κ2) is 6.66. The average molecular weight is 296 g/mol. The fourth-order valence-corrected chi connectivity index (χ4v) is 1.73. The molecule has 0 fully saturated rings. The second-order valence-corrected chi connectivity index (χ2v) is 4.18. The van der Waals surface area contributed by atoms with Gasteiger partial charge in [0.25, 0.3) is 0 Å². The van der Waals surface area contributed by atoms with Gasteiger partial charge >= 0.3 is 12.5 Å². The normalized spacial score (nSPS) is 13.7. The largest absolute Gasteiger partial charge is 0.469 e. The third-order valence-electron chi connectivity index (χ3n) is 2.70. The van der Waals surface area contributed by atoms with Crippen LogP contribution in [0.25, 0.3) is 0 Å². The van der Waals surface area contributed by atoms with Gasteiger partial charge in [-0.05, 0) is 24.3 Å². The summed E-state index contributed by atoms with van der Waals surface area (Å²) >= 11 is 0. The minimum absolute atomic E-state index is 0.192. The lowest BCUT2D eigenvalue weighted by atomic mass is 10.3. The average Bonchev–Trinajstić information content (AvgIpc) is 3.09. The van der Waals surface area contributed by atoms with Crippen LogP contribution in [-0.4, -0.2) is 22.3 Å². The van der Waals surface area contributed by atoms with E-state index < -0.39 is 22.3 Å². The van der Waals surface area contributed by atoms with Crippen LogP contribution in [0.5, 0.6) is 0 Å². The van der Waals surface area contributed by atoms with E-state index in [0.29, 0.717) is 11.5 Å². The quantitative estimate of drug-likeness (QED) is 0.414. The molecule has 21 heavy (non-hydrogen) atoms. The molecule has 0 saturated heterocycles. The third kappa shape index (κ3) is 4.14. The Bertz CT molecular complexity index is 527. The molecule has 0 aromatic carbocycles. The maximum absolute atomic E-state index is 11.0. The van der Waals surface area contributed by atoms with E-state index in [1.165, 1.54) is 24.7 Å². The molecule has 0 aliphatic rings.